The first kappa shape index (κ1) is 33.3. The average molecular weight is 715 g/mol. The molecule has 0 saturated carbocycles. The third kappa shape index (κ3) is 7.14. The fourth-order valence-electron chi connectivity index (χ4n) is 4.68. The predicted octanol–water partition coefficient (Wildman–Crippen LogP) is 7.18. The van der Waals surface area contributed by atoms with Gasteiger partial charge in [-0.15, -0.1) is 0 Å². The number of sulfone groups is 3. The van der Waals surface area contributed by atoms with Gasteiger partial charge in [0.25, 0.3) is 0 Å². The van der Waals surface area contributed by atoms with Gasteiger partial charge in [-0.1, -0.05) is 0 Å². The molecule has 0 saturated heterocycles. The molecule has 0 fully saturated rings. The molecule has 13 heteroatoms. The van der Waals surface area contributed by atoms with E-state index in [9.17, 15) is 35.5 Å². The Labute approximate surface area is 282 Å². The molecule has 0 aliphatic carbocycles. The van der Waals surface area contributed by atoms with Crippen LogP contribution < -0.4 is 9.47 Å². The van der Waals surface area contributed by atoms with E-state index in [0.29, 0.717) is 23.0 Å². The van der Waals surface area contributed by atoms with Gasteiger partial charge in [-0.25, -0.2) is 25.3 Å². The standard InChI is InChI=1S/C36H26O10S3/c37-25-1-13-31(14-2-25)47(39,40)33-17-5-27(6-18-33)45-29-9-21-35(22-10-29)49(43,44)36-23-11-30(12-24-36)46-28-7-19-34(20-8-28)48(41,42)32-15-3-26(38)4-16-32/h1-24,37-38H. The maximum absolute atomic E-state index is 13.3. The first-order valence-electron chi connectivity index (χ1n) is 14.4. The summed E-state index contributed by atoms with van der Waals surface area (Å²) in [5, 5.41) is 18.9. The minimum Gasteiger partial charge on any atom is -0.508 e. The lowest BCUT2D eigenvalue weighted by molar-refractivity contribution is 0.474. The molecule has 0 radical (unpaired) electrons. The van der Waals surface area contributed by atoms with Crippen molar-refractivity contribution in [3.8, 4) is 34.5 Å². The minimum atomic E-state index is -3.90. The smallest absolute Gasteiger partial charge is 0.206 e. The fourth-order valence-corrected chi connectivity index (χ4v) is 8.46. The van der Waals surface area contributed by atoms with Crippen molar-refractivity contribution in [2.45, 2.75) is 29.4 Å². The van der Waals surface area contributed by atoms with Gasteiger partial charge < -0.3 is 19.7 Å². The molecule has 248 valence electrons. The Morgan fingerprint density at radius 1 is 0.286 bits per heavy atom. The summed E-state index contributed by atoms with van der Waals surface area (Å²) >= 11 is 0. The van der Waals surface area contributed by atoms with Crippen molar-refractivity contribution in [3.05, 3.63) is 146 Å². The number of benzene rings is 6. The summed E-state index contributed by atoms with van der Waals surface area (Å²) in [4.78, 5) is 0.193. The van der Waals surface area contributed by atoms with Crippen molar-refractivity contribution in [1.29, 1.82) is 0 Å². The molecule has 6 aromatic carbocycles. The Bertz CT molecular complexity index is 2250. The van der Waals surface area contributed by atoms with Crippen molar-refractivity contribution < 1.29 is 44.9 Å². The molecule has 0 aliphatic rings. The molecule has 0 amide bonds. The highest BCUT2D eigenvalue weighted by atomic mass is 32.2. The second-order valence-electron chi connectivity index (χ2n) is 10.6. The maximum atomic E-state index is 13.3. The quantitative estimate of drug-likeness (QED) is 0.149. The lowest BCUT2D eigenvalue weighted by Crippen LogP contribution is -2.02. The van der Waals surface area contributed by atoms with Crippen molar-refractivity contribution in [1.82, 2.24) is 0 Å². The Hall–Kier alpha value is -5.63. The summed E-state index contributed by atoms with van der Waals surface area (Å²) in [5.74, 6) is 1.25. The van der Waals surface area contributed by atoms with Gasteiger partial charge in [0.1, 0.15) is 34.5 Å². The molecular formula is C36H26O10S3. The van der Waals surface area contributed by atoms with E-state index < -0.39 is 29.5 Å². The number of phenols is 2. The maximum Gasteiger partial charge on any atom is 0.206 e. The lowest BCUT2D eigenvalue weighted by atomic mass is 10.3. The lowest BCUT2D eigenvalue weighted by Gasteiger charge is -2.10. The van der Waals surface area contributed by atoms with Crippen LogP contribution in [0.5, 0.6) is 34.5 Å². The monoisotopic (exact) mass is 714 g/mol. The van der Waals surface area contributed by atoms with Crippen LogP contribution in [0.2, 0.25) is 0 Å². The number of phenolic OH excluding ortho intramolecular Hbond substituents is 2. The van der Waals surface area contributed by atoms with E-state index in [0.717, 1.165) is 0 Å². The zero-order valence-corrected chi connectivity index (χ0v) is 27.7. The van der Waals surface area contributed by atoms with Crippen LogP contribution in [0.25, 0.3) is 0 Å². The highest BCUT2D eigenvalue weighted by molar-refractivity contribution is 7.92. The molecule has 2 N–H and O–H groups in total. The van der Waals surface area contributed by atoms with E-state index in [1.54, 1.807) is 0 Å². The van der Waals surface area contributed by atoms with E-state index >= 15 is 0 Å². The second kappa shape index (κ2) is 13.1. The van der Waals surface area contributed by atoms with Crippen LogP contribution in [0.1, 0.15) is 0 Å². The van der Waals surface area contributed by atoms with Gasteiger partial charge >= 0.3 is 0 Å². The summed E-state index contributed by atoms with van der Waals surface area (Å²) in [6.07, 6.45) is 0. The molecule has 0 unspecified atom stereocenters. The molecule has 0 aromatic heterocycles. The van der Waals surface area contributed by atoms with Crippen LogP contribution in [-0.2, 0) is 29.5 Å². The van der Waals surface area contributed by atoms with E-state index in [-0.39, 0.29) is 40.9 Å². The summed E-state index contributed by atoms with van der Waals surface area (Å²) in [6.45, 7) is 0. The van der Waals surface area contributed by atoms with Gasteiger partial charge in [-0.05, 0) is 146 Å². The molecule has 6 rings (SSSR count). The summed E-state index contributed by atoms with van der Waals surface area (Å²) in [6, 6.07) is 33.4. The molecule has 10 nitrogen and oxygen atoms in total. The number of hydrogen-bond acceptors (Lipinski definition) is 10. The largest absolute Gasteiger partial charge is 0.508 e. The molecule has 0 atom stereocenters. The normalized spacial score (nSPS) is 11.9. The number of aromatic hydroxyl groups is 2. The number of ether oxygens (including phenoxy) is 2. The molecule has 6 aromatic rings. The third-order valence-corrected chi connectivity index (χ3v) is 12.7. The second-order valence-corrected chi connectivity index (χ2v) is 16.4. The van der Waals surface area contributed by atoms with Crippen LogP contribution in [-0.4, -0.2) is 35.5 Å². The topological polar surface area (TPSA) is 161 Å². The van der Waals surface area contributed by atoms with E-state index in [4.69, 9.17) is 9.47 Å². The highest BCUT2D eigenvalue weighted by Crippen LogP contribution is 2.31. The van der Waals surface area contributed by atoms with Crippen LogP contribution >= 0.6 is 0 Å². The summed E-state index contributed by atoms with van der Waals surface area (Å²) in [7, 11) is -11.5. The highest BCUT2D eigenvalue weighted by Gasteiger charge is 2.20. The average Bonchev–Trinajstić information content (AvgIpc) is 3.10. The third-order valence-electron chi connectivity index (χ3n) is 7.30. The first-order valence-corrected chi connectivity index (χ1v) is 18.9. The van der Waals surface area contributed by atoms with Gasteiger partial charge in [-0.2, -0.15) is 0 Å². The molecule has 0 aliphatic heterocycles. The summed E-state index contributed by atoms with van der Waals surface area (Å²) in [5.41, 5.74) is 0. The predicted molar refractivity (Wildman–Crippen MR) is 178 cm³/mol. The van der Waals surface area contributed by atoms with Gasteiger partial charge in [0.2, 0.25) is 29.5 Å². The van der Waals surface area contributed by atoms with Crippen LogP contribution in [0, 0.1) is 0 Å². The molecule has 0 heterocycles. The number of rotatable bonds is 10. The van der Waals surface area contributed by atoms with Gasteiger partial charge in [0.05, 0.1) is 29.4 Å². The Balaban J connectivity index is 1.09. The Morgan fingerprint density at radius 2 is 0.449 bits per heavy atom. The Morgan fingerprint density at radius 3 is 0.633 bits per heavy atom. The molecule has 49 heavy (non-hydrogen) atoms. The van der Waals surface area contributed by atoms with E-state index in [1.165, 1.54) is 146 Å². The van der Waals surface area contributed by atoms with Crippen molar-refractivity contribution in [2.75, 3.05) is 0 Å². The van der Waals surface area contributed by atoms with Crippen LogP contribution in [0.4, 0.5) is 0 Å². The molecule has 0 spiro atoms. The zero-order valence-electron chi connectivity index (χ0n) is 25.2. The molecular weight excluding hydrogens is 689 g/mol. The van der Waals surface area contributed by atoms with Gasteiger partial charge in [-0.3, -0.25) is 0 Å². The molecule has 0 bridgehead atoms. The Kier molecular flexibility index (Phi) is 8.90. The van der Waals surface area contributed by atoms with Crippen LogP contribution in [0.15, 0.2) is 175 Å². The van der Waals surface area contributed by atoms with E-state index in [2.05, 4.69) is 0 Å². The van der Waals surface area contributed by atoms with Crippen LogP contribution in [0.3, 0.4) is 0 Å². The summed E-state index contributed by atoms with van der Waals surface area (Å²) < 4.78 is 89.5. The van der Waals surface area contributed by atoms with Crippen molar-refractivity contribution >= 4 is 29.5 Å². The zero-order chi connectivity index (χ0) is 34.8. The fraction of sp³-hybridized carbons (Fsp3) is 0. The van der Waals surface area contributed by atoms with Gasteiger partial charge in [0.15, 0.2) is 0 Å². The minimum absolute atomic E-state index is 0.0225. The van der Waals surface area contributed by atoms with Crippen molar-refractivity contribution in [3.63, 3.8) is 0 Å². The van der Waals surface area contributed by atoms with Crippen molar-refractivity contribution in [2.24, 2.45) is 0 Å². The first-order chi connectivity index (χ1) is 23.3. The SMILES string of the molecule is O=S(=O)(c1ccc(O)cc1)c1ccc(Oc2ccc(S(=O)(=O)c3ccc(Oc4ccc(S(=O)(=O)c5ccc(O)cc5)cc4)cc3)cc2)cc1. The number of hydrogen-bond donors (Lipinski definition) is 2. The van der Waals surface area contributed by atoms with E-state index in [1.807, 2.05) is 0 Å². The van der Waals surface area contributed by atoms with Gasteiger partial charge in [0, 0.05) is 0 Å².